The second kappa shape index (κ2) is 7.37. The zero-order valence-corrected chi connectivity index (χ0v) is 16.7. The molecule has 166 valence electrons. The number of amides is 1. The van der Waals surface area contributed by atoms with Crippen molar-refractivity contribution >= 4 is 28.8 Å². The van der Waals surface area contributed by atoms with Gasteiger partial charge in [0.1, 0.15) is 12.1 Å². The van der Waals surface area contributed by atoms with Crippen molar-refractivity contribution in [2.75, 3.05) is 30.7 Å². The van der Waals surface area contributed by atoms with Crippen LogP contribution in [0, 0.1) is 0 Å². The van der Waals surface area contributed by atoms with E-state index in [0.717, 1.165) is 4.90 Å². The first kappa shape index (κ1) is 20.1. The number of hydrogen-bond acceptors (Lipinski definition) is 8. The average molecular weight is 443 g/mol. The molecule has 32 heavy (non-hydrogen) atoms. The van der Waals surface area contributed by atoms with Crippen LogP contribution in [0.4, 0.5) is 20.5 Å². The zero-order chi connectivity index (χ0) is 22.5. The van der Waals surface area contributed by atoms with Crippen molar-refractivity contribution in [3.8, 4) is 11.3 Å². The van der Waals surface area contributed by atoms with Gasteiger partial charge in [-0.1, -0.05) is 0 Å². The summed E-state index contributed by atoms with van der Waals surface area (Å²) in [6.07, 6.45) is 4.97. The van der Waals surface area contributed by atoms with E-state index >= 15 is 0 Å². The van der Waals surface area contributed by atoms with Gasteiger partial charge in [0.25, 0.3) is 5.92 Å². The number of aliphatic hydroxyl groups is 1. The van der Waals surface area contributed by atoms with Gasteiger partial charge in [-0.25, -0.2) is 22.8 Å². The number of hydrogen-bond donors (Lipinski definition) is 3. The molecule has 1 aliphatic heterocycles. The van der Waals surface area contributed by atoms with Crippen LogP contribution < -0.4 is 11.1 Å². The SMILES string of the molecule is Nc1nc(N[C@@H]2CCN(C(=O)CO)CC2(F)F)nn2ccc(-c3ccc4nccn4n3)c12. The molecule has 11 nitrogen and oxygen atoms in total. The molecule has 0 saturated carbocycles. The van der Waals surface area contributed by atoms with Gasteiger partial charge in [0.2, 0.25) is 11.9 Å². The highest BCUT2D eigenvalue weighted by Gasteiger charge is 2.46. The number of alkyl halides is 2. The standard InChI is InChI=1S/C19H19F2N9O2/c20-19(21)10-28(15(32)9-31)6-4-13(19)24-18-25-17(22)16-11(3-7-30(16)27-18)12-1-2-14-23-5-8-29(14)26-12/h1-3,5,7-8,13,31H,4,6,9-10H2,(H3,22,24,25,27)/t13-/m1/s1. The number of nitrogen functional groups attached to an aromatic ring is 1. The van der Waals surface area contributed by atoms with E-state index in [1.54, 1.807) is 35.2 Å². The van der Waals surface area contributed by atoms with Crippen LogP contribution in [-0.4, -0.2) is 76.8 Å². The molecule has 4 aromatic heterocycles. The van der Waals surface area contributed by atoms with Crippen LogP contribution in [0.3, 0.4) is 0 Å². The summed E-state index contributed by atoms with van der Waals surface area (Å²) in [6, 6.07) is 4.09. The molecule has 5 rings (SSSR count). The number of nitrogens with one attached hydrogen (secondary N) is 1. The molecule has 1 aliphatic rings. The topological polar surface area (TPSA) is 139 Å². The molecule has 4 aromatic rings. The van der Waals surface area contributed by atoms with Gasteiger partial charge in [0.05, 0.1) is 18.3 Å². The Morgan fingerprint density at radius 3 is 2.88 bits per heavy atom. The van der Waals surface area contributed by atoms with Gasteiger partial charge in [-0.2, -0.15) is 10.1 Å². The molecule has 0 bridgehead atoms. The van der Waals surface area contributed by atoms with E-state index in [-0.39, 0.29) is 24.7 Å². The lowest BCUT2D eigenvalue weighted by Crippen LogP contribution is -2.56. The first-order valence-electron chi connectivity index (χ1n) is 9.84. The van der Waals surface area contributed by atoms with E-state index in [2.05, 4.69) is 25.5 Å². The van der Waals surface area contributed by atoms with Gasteiger partial charge in [-0.05, 0) is 24.6 Å². The first-order chi connectivity index (χ1) is 15.4. The number of likely N-dealkylation sites (tertiary alicyclic amines) is 1. The van der Waals surface area contributed by atoms with Crippen molar-refractivity contribution in [1.82, 2.24) is 34.1 Å². The van der Waals surface area contributed by atoms with Crippen LogP contribution in [0.5, 0.6) is 0 Å². The van der Waals surface area contributed by atoms with Gasteiger partial charge in [-0.15, -0.1) is 5.10 Å². The predicted molar refractivity (Wildman–Crippen MR) is 110 cm³/mol. The van der Waals surface area contributed by atoms with Crippen molar-refractivity contribution in [2.45, 2.75) is 18.4 Å². The average Bonchev–Trinajstić information content (AvgIpc) is 3.40. The highest BCUT2D eigenvalue weighted by molar-refractivity contribution is 5.86. The fourth-order valence-corrected chi connectivity index (χ4v) is 3.87. The minimum absolute atomic E-state index is 0.0359. The zero-order valence-electron chi connectivity index (χ0n) is 16.7. The molecule has 1 fully saturated rings. The van der Waals surface area contributed by atoms with Gasteiger partial charge in [0, 0.05) is 30.7 Å². The van der Waals surface area contributed by atoms with Crippen molar-refractivity contribution in [2.24, 2.45) is 0 Å². The second-order valence-corrected chi connectivity index (χ2v) is 7.51. The number of aromatic nitrogens is 6. The summed E-state index contributed by atoms with van der Waals surface area (Å²) in [4.78, 5) is 20.8. The Morgan fingerprint density at radius 2 is 2.09 bits per heavy atom. The molecule has 0 aromatic carbocycles. The molecule has 1 saturated heterocycles. The summed E-state index contributed by atoms with van der Waals surface area (Å²) < 4.78 is 32.3. The molecule has 0 unspecified atom stereocenters. The number of anilines is 2. The van der Waals surface area contributed by atoms with E-state index in [1.165, 1.54) is 4.52 Å². The molecule has 1 atom stereocenters. The first-order valence-corrected chi connectivity index (χ1v) is 9.84. The van der Waals surface area contributed by atoms with Gasteiger partial charge >= 0.3 is 0 Å². The quantitative estimate of drug-likeness (QED) is 0.418. The largest absolute Gasteiger partial charge is 0.387 e. The van der Waals surface area contributed by atoms with Crippen molar-refractivity contribution in [3.63, 3.8) is 0 Å². The number of carbonyl (C=O) groups excluding carboxylic acids is 1. The number of nitrogens with zero attached hydrogens (tertiary/aromatic N) is 7. The smallest absolute Gasteiger partial charge is 0.285 e. The van der Waals surface area contributed by atoms with Crippen molar-refractivity contribution < 1.29 is 18.7 Å². The molecular weight excluding hydrogens is 424 g/mol. The lowest BCUT2D eigenvalue weighted by Gasteiger charge is -2.38. The fourth-order valence-electron chi connectivity index (χ4n) is 3.87. The normalized spacial score (nSPS) is 18.3. The Kier molecular flexibility index (Phi) is 4.62. The molecule has 0 spiro atoms. The Bertz CT molecular complexity index is 1320. The number of fused-ring (bicyclic) bond motifs is 2. The molecule has 0 radical (unpaired) electrons. The van der Waals surface area contributed by atoms with Gasteiger partial charge in [-0.3, -0.25) is 4.79 Å². The number of nitrogens with two attached hydrogens (primary N) is 1. The molecule has 0 aliphatic carbocycles. The monoisotopic (exact) mass is 443 g/mol. The molecule has 4 N–H and O–H groups in total. The maximum Gasteiger partial charge on any atom is 0.285 e. The minimum atomic E-state index is -3.23. The minimum Gasteiger partial charge on any atom is -0.387 e. The van der Waals surface area contributed by atoms with Crippen LogP contribution >= 0.6 is 0 Å². The van der Waals surface area contributed by atoms with E-state index < -0.39 is 31.0 Å². The van der Waals surface area contributed by atoms with E-state index in [0.29, 0.717) is 22.4 Å². The molecular formula is C19H19F2N9O2. The maximum absolute atomic E-state index is 14.6. The Morgan fingerprint density at radius 1 is 1.25 bits per heavy atom. The Hall–Kier alpha value is -3.87. The number of piperidine rings is 1. The molecule has 13 heteroatoms. The highest BCUT2D eigenvalue weighted by Crippen LogP contribution is 2.31. The third-order valence-corrected chi connectivity index (χ3v) is 5.46. The molecule has 1 amide bonds. The van der Waals surface area contributed by atoms with Crippen LogP contribution in [0.2, 0.25) is 0 Å². The van der Waals surface area contributed by atoms with Gasteiger partial charge in [0.15, 0.2) is 11.5 Å². The van der Waals surface area contributed by atoms with Crippen LogP contribution in [0.15, 0.2) is 36.8 Å². The third kappa shape index (κ3) is 3.36. The Balaban J connectivity index is 1.42. The lowest BCUT2D eigenvalue weighted by atomic mass is 10.0. The fraction of sp³-hybridized carbons (Fsp3) is 0.316. The number of aliphatic hydroxyl groups excluding tert-OH is 1. The van der Waals surface area contributed by atoms with Crippen molar-refractivity contribution in [1.29, 1.82) is 0 Å². The lowest BCUT2D eigenvalue weighted by molar-refractivity contribution is -0.145. The third-order valence-electron chi connectivity index (χ3n) is 5.46. The summed E-state index contributed by atoms with van der Waals surface area (Å²) in [6.45, 7) is -1.51. The van der Waals surface area contributed by atoms with Gasteiger partial charge < -0.3 is 21.1 Å². The second-order valence-electron chi connectivity index (χ2n) is 7.51. The summed E-state index contributed by atoms with van der Waals surface area (Å²) in [7, 11) is 0. The van der Waals surface area contributed by atoms with E-state index in [1.807, 2.05) is 6.07 Å². The predicted octanol–water partition coefficient (Wildman–Crippen LogP) is 0.662. The Labute approximate surface area is 179 Å². The summed E-state index contributed by atoms with van der Waals surface area (Å²) in [5.74, 6) is -3.91. The van der Waals surface area contributed by atoms with Crippen molar-refractivity contribution in [3.05, 3.63) is 36.8 Å². The van der Waals surface area contributed by atoms with E-state index in [9.17, 15) is 13.6 Å². The number of carbonyl (C=O) groups is 1. The van der Waals surface area contributed by atoms with Crippen LogP contribution in [0.1, 0.15) is 6.42 Å². The number of imidazole rings is 1. The van der Waals surface area contributed by atoms with Crippen LogP contribution in [-0.2, 0) is 4.79 Å². The number of halogens is 2. The number of rotatable bonds is 4. The highest BCUT2D eigenvalue weighted by atomic mass is 19.3. The molecule has 5 heterocycles. The van der Waals surface area contributed by atoms with E-state index in [4.69, 9.17) is 10.8 Å². The van der Waals surface area contributed by atoms with Crippen LogP contribution in [0.25, 0.3) is 22.4 Å². The summed E-state index contributed by atoms with van der Waals surface area (Å²) in [5, 5.41) is 20.3. The summed E-state index contributed by atoms with van der Waals surface area (Å²) >= 11 is 0. The summed E-state index contributed by atoms with van der Waals surface area (Å²) in [5.41, 5.74) is 8.66. The maximum atomic E-state index is 14.6.